The Morgan fingerprint density at radius 2 is 1.80 bits per heavy atom. The third-order valence-electron chi connectivity index (χ3n) is 2.35. The quantitative estimate of drug-likeness (QED) is 0.709. The lowest BCUT2D eigenvalue weighted by atomic mass is 9.81. The van der Waals surface area contributed by atoms with Gasteiger partial charge in [0.05, 0.1) is 12.0 Å². The Balaban J connectivity index is 2.78. The van der Waals surface area contributed by atoms with Crippen molar-refractivity contribution in [3.8, 4) is 6.07 Å². The second-order valence-corrected chi connectivity index (χ2v) is 4.74. The fraction of sp³-hybridized carbons (Fsp3) is 0.357. The van der Waals surface area contributed by atoms with Gasteiger partial charge in [-0.2, -0.15) is 5.26 Å². The minimum absolute atomic E-state index is 0.0000301. The van der Waals surface area contributed by atoms with E-state index >= 15 is 0 Å². The number of benzene rings is 1. The summed E-state index contributed by atoms with van der Waals surface area (Å²) in [5.41, 5.74) is 1.14. The molecule has 0 aliphatic carbocycles. The molecule has 1 nitrogen and oxygen atoms in total. The molecule has 0 aliphatic rings. The van der Waals surface area contributed by atoms with Crippen LogP contribution in [0.4, 0.5) is 0 Å². The van der Waals surface area contributed by atoms with Gasteiger partial charge in [0, 0.05) is 0 Å². The first kappa shape index (κ1) is 11.5. The minimum atomic E-state index is -0.0438. The predicted octanol–water partition coefficient (Wildman–Crippen LogP) is 3.89. The van der Waals surface area contributed by atoms with E-state index in [4.69, 9.17) is 5.26 Å². The smallest absolute Gasteiger partial charge is 0.0703 e. The van der Waals surface area contributed by atoms with Gasteiger partial charge >= 0.3 is 0 Å². The van der Waals surface area contributed by atoms with Crippen LogP contribution in [-0.2, 0) is 0 Å². The summed E-state index contributed by atoms with van der Waals surface area (Å²) >= 11 is 0. The summed E-state index contributed by atoms with van der Waals surface area (Å²) in [6.07, 6.45) is 3.99. The number of hydrogen-bond donors (Lipinski definition) is 0. The highest BCUT2D eigenvalue weighted by atomic mass is 14.3. The van der Waals surface area contributed by atoms with Gasteiger partial charge in [0.25, 0.3) is 0 Å². The lowest BCUT2D eigenvalue weighted by molar-refractivity contribution is 0.351. The van der Waals surface area contributed by atoms with Gasteiger partial charge in [-0.1, -0.05) is 63.3 Å². The van der Waals surface area contributed by atoms with Crippen LogP contribution in [0.5, 0.6) is 0 Å². The van der Waals surface area contributed by atoms with Crippen molar-refractivity contribution in [2.75, 3.05) is 0 Å². The van der Waals surface area contributed by atoms with Crippen LogP contribution in [0, 0.1) is 22.7 Å². The molecule has 1 heteroatoms. The van der Waals surface area contributed by atoms with E-state index in [-0.39, 0.29) is 11.3 Å². The van der Waals surface area contributed by atoms with E-state index in [2.05, 4.69) is 26.8 Å². The first-order chi connectivity index (χ1) is 7.04. The first-order valence-electron chi connectivity index (χ1n) is 5.17. The number of rotatable bonds is 2. The molecule has 1 unspecified atom stereocenters. The van der Waals surface area contributed by atoms with E-state index in [1.54, 1.807) is 0 Å². The molecule has 1 aromatic rings. The van der Waals surface area contributed by atoms with Gasteiger partial charge in [-0.25, -0.2) is 0 Å². The van der Waals surface area contributed by atoms with Crippen LogP contribution in [0.3, 0.4) is 0 Å². The maximum atomic E-state index is 9.04. The molecule has 0 saturated heterocycles. The van der Waals surface area contributed by atoms with Crippen LogP contribution in [0.15, 0.2) is 36.4 Å². The standard InChI is InChI=1S/C14H17N/c1-14(2,3)13(11-15)10-9-12-7-5-4-6-8-12/h4-10,13H,1-3H3/b10-9+. The van der Waals surface area contributed by atoms with E-state index in [0.29, 0.717) is 0 Å². The van der Waals surface area contributed by atoms with Crippen molar-refractivity contribution in [2.45, 2.75) is 20.8 Å². The van der Waals surface area contributed by atoms with Gasteiger partial charge in [0.2, 0.25) is 0 Å². The van der Waals surface area contributed by atoms with Crippen molar-refractivity contribution < 1.29 is 0 Å². The van der Waals surface area contributed by atoms with Crippen molar-refractivity contribution in [1.29, 1.82) is 5.26 Å². The third kappa shape index (κ3) is 3.59. The van der Waals surface area contributed by atoms with Crippen molar-refractivity contribution in [2.24, 2.45) is 11.3 Å². The summed E-state index contributed by atoms with van der Waals surface area (Å²) in [7, 11) is 0. The van der Waals surface area contributed by atoms with E-state index in [1.165, 1.54) is 0 Å². The third-order valence-corrected chi connectivity index (χ3v) is 2.35. The maximum Gasteiger partial charge on any atom is 0.0703 e. The monoisotopic (exact) mass is 199 g/mol. The molecule has 0 spiro atoms. The van der Waals surface area contributed by atoms with Crippen molar-refractivity contribution in [1.82, 2.24) is 0 Å². The lowest BCUT2D eigenvalue weighted by Gasteiger charge is -2.21. The molecule has 15 heavy (non-hydrogen) atoms. The van der Waals surface area contributed by atoms with Gasteiger partial charge in [0.15, 0.2) is 0 Å². The van der Waals surface area contributed by atoms with E-state index in [9.17, 15) is 0 Å². The fourth-order valence-corrected chi connectivity index (χ4v) is 1.30. The Hall–Kier alpha value is -1.55. The Morgan fingerprint density at radius 1 is 1.20 bits per heavy atom. The molecule has 1 atom stereocenters. The van der Waals surface area contributed by atoms with E-state index in [1.807, 2.05) is 42.5 Å². The largest absolute Gasteiger partial charge is 0.198 e. The Bertz CT molecular complexity index is 363. The molecule has 0 amide bonds. The van der Waals surface area contributed by atoms with Gasteiger partial charge in [-0.15, -0.1) is 0 Å². The van der Waals surface area contributed by atoms with Gasteiger partial charge in [0.1, 0.15) is 0 Å². The highest BCUT2D eigenvalue weighted by Gasteiger charge is 2.21. The fourth-order valence-electron chi connectivity index (χ4n) is 1.30. The second-order valence-electron chi connectivity index (χ2n) is 4.74. The van der Waals surface area contributed by atoms with Crippen molar-refractivity contribution in [3.63, 3.8) is 0 Å². The molecular weight excluding hydrogens is 182 g/mol. The highest BCUT2D eigenvalue weighted by molar-refractivity contribution is 5.49. The second kappa shape index (κ2) is 4.79. The van der Waals surface area contributed by atoms with Crippen molar-refractivity contribution in [3.05, 3.63) is 42.0 Å². The SMILES string of the molecule is CC(C)(C)C(C#N)/C=C/c1ccccc1. The number of nitrogens with zero attached hydrogens (tertiary/aromatic N) is 1. The molecule has 0 saturated carbocycles. The zero-order valence-corrected chi connectivity index (χ0v) is 9.57. The molecule has 0 aliphatic heterocycles. The molecular formula is C14H17N. The molecule has 0 N–H and O–H groups in total. The maximum absolute atomic E-state index is 9.04. The van der Waals surface area contributed by atoms with Crippen LogP contribution in [-0.4, -0.2) is 0 Å². The molecule has 0 radical (unpaired) electrons. The first-order valence-corrected chi connectivity index (χ1v) is 5.17. The number of allylic oxidation sites excluding steroid dienone is 1. The predicted molar refractivity (Wildman–Crippen MR) is 64.0 cm³/mol. The molecule has 0 heterocycles. The average Bonchev–Trinajstić information content (AvgIpc) is 2.18. The Kier molecular flexibility index (Phi) is 3.68. The summed E-state index contributed by atoms with van der Waals surface area (Å²) in [5.74, 6) is -0.0438. The van der Waals surface area contributed by atoms with E-state index < -0.39 is 0 Å². The zero-order valence-electron chi connectivity index (χ0n) is 9.57. The molecule has 78 valence electrons. The number of nitriles is 1. The summed E-state index contributed by atoms with van der Waals surface area (Å²) in [5, 5.41) is 9.04. The van der Waals surface area contributed by atoms with Crippen LogP contribution in [0.25, 0.3) is 6.08 Å². The van der Waals surface area contributed by atoms with Gasteiger partial charge < -0.3 is 0 Å². The van der Waals surface area contributed by atoms with Gasteiger partial charge in [-0.3, -0.25) is 0 Å². The lowest BCUT2D eigenvalue weighted by Crippen LogP contribution is -2.16. The zero-order chi connectivity index (χ0) is 11.3. The van der Waals surface area contributed by atoms with Gasteiger partial charge in [-0.05, 0) is 11.0 Å². The number of hydrogen-bond acceptors (Lipinski definition) is 1. The molecule has 1 aromatic carbocycles. The Morgan fingerprint density at radius 3 is 2.27 bits per heavy atom. The van der Waals surface area contributed by atoms with Crippen LogP contribution in [0.1, 0.15) is 26.3 Å². The molecule has 0 fully saturated rings. The van der Waals surface area contributed by atoms with Crippen molar-refractivity contribution >= 4 is 6.08 Å². The summed E-state index contributed by atoms with van der Waals surface area (Å²) in [4.78, 5) is 0. The Labute approximate surface area is 92.1 Å². The molecule has 1 rings (SSSR count). The molecule has 0 bridgehead atoms. The van der Waals surface area contributed by atoms with Crippen LogP contribution >= 0.6 is 0 Å². The summed E-state index contributed by atoms with van der Waals surface area (Å²) in [6, 6.07) is 12.4. The average molecular weight is 199 g/mol. The van der Waals surface area contributed by atoms with E-state index in [0.717, 1.165) is 5.56 Å². The van der Waals surface area contributed by atoms with Crippen LogP contribution < -0.4 is 0 Å². The highest BCUT2D eigenvalue weighted by Crippen LogP contribution is 2.26. The summed E-state index contributed by atoms with van der Waals surface area (Å²) < 4.78 is 0. The molecule has 0 aromatic heterocycles. The summed E-state index contributed by atoms with van der Waals surface area (Å²) in [6.45, 7) is 6.24. The topological polar surface area (TPSA) is 23.8 Å². The normalized spacial score (nSPS) is 13.7. The van der Waals surface area contributed by atoms with Crippen LogP contribution in [0.2, 0.25) is 0 Å². The minimum Gasteiger partial charge on any atom is -0.198 e.